The van der Waals surface area contributed by atoms with E-state index >= 15 is 0 Å². The molecule has 0 unspecified atom stereocenters. The Morgan fingerprint density at radius 2 is 1.32 bits per heavy atom. The highest BCUT2D eigenvalue weighted by Crippen LogP contribution is 2.46. The molecule has 5 nitrogen and oxygen atoms in total. The summed E-state index contributed by atoms with van der Waals surface area (Å²) in [6, 6.07) is 30.6. The van der Waals surface area contributed by atoms with Crippen LogP contribution < -0.4 is 10.4 Å². The van der Waals surface area contributed by atoms with Crippen molar-refractivity contribution in [2.24, 2.45) is 5.92 Å². The van der Waals surface area contributed by atoms with Crippen molar-refractivity contribution in [2.45, 2.75) is 96.3 Å². The normalized spacial score (nSPS) is 21.5. The summed E-state index contributed by atoms with van der Waals surface area (Å²) in [7, 11) is -4.94. The SMILES string of the molecule is C[C@@H](O[Si](c1ccccc1)(c1ccccc1)C(C)(C)C)[C@H]1C[C@H]2C(O[Si](C)(C)C(C)(C)C)=C[C@@H]1ON2C(=O)c1ccccc1. The number of amides is 1. The van der Waals surface area contributed by atoms with Gasteiger partial charge in [0.05, 0.1) is 0 Å². The highest BCUT2D eigenvalue weighted by molar-refractivity contribution is 6.99. The van der Waals surface area contributed by atoms with Crippen LogP contribution in [0, 0.1) is 5.92 Å². The second-order valence-electron chi connectivity index (χ2n) is 14.9. The van der Waals surface area contributed by atoms with E-state index < -0.39 is 16.6 Å². The average Bonchev–Trinajstić information content (AvgIpc) is 2.99. The van der Waals surface area contributed by atoms with Crippen molar-refractivity contribution >= 4 is 32.9 Å². The lowest BCUT2D eigenvalue weighted by Gasteiger charge is -2.52. The van der Waals surface area contributed by atoms with E-state index in [1.54, 1.807) is 5.06 Å². The van der Waals surface area contributed by atoms with Crippen molar-refractivity contribution < 1.29 is 18.5 Å². The van der Waals surface area contributed by atoms with Gasteiger partial charge in [-0.2, -0.15) is 0 Å². The van der Waals surface area contributed by atoms with Gasteiger partial charge in [-0.25, -0.2) is 5.06 Å². The van der Waals surface area contributed by atoms with E-state index in [9.17, 15) is 4.79 Å². The van der Waals surface area contributed by atoms with Gasteiger partial charge in [0.25, 0.3) is 14.2 Å². The Labute approximate surface area is 266 Å². The molecule has 234 valence electrons. The predicted molar refractivity (Wildman–Crippen MR) is 184 cm³/mol. The Morgan fingerprint density at radius 1 is 0.818 bits per heavy atom. The van der Waals surface area contributed by atoms with Crippen molar-refractivity contribution in [1.29, 1.82) is 0 Å². The van der Waals surface area contributed by atoms with Crippen LogP contribution in [0.15, 0.2) is 103 Å². The number of rotatable bonds is 8. The predicted octanol–water partition coefficient (Wildman–Crippen LogP) is 7.70. The molecule has 1 fully saturated rings. The topological polar surface area (TPSA) is 48.0 Å². The van der Waals surface area contributed by atoms with Gasteiger partial charge in [-0.15, -0.1) is 0 Å². The van der Waals surface area contributed by atoms with Crippen LogP contribution in [0.5, 0.6) is 0 Å². The molecule has 0 N–H and O–H groups in total. The lowest BCUT2D eigenvalue weighted by atomic mass is 9.82. The quantitative estimate of drug-likeness (QED) is 0.240. The van der Waals surface area contributed by atoms with Crippen LogP contribution in [-0.2, 0) is 13.7 Å². The van der Waals surface area contributed by atoms with E-state index in [0.29, 0.717) is 12.0 Å². The van der Waals surface area contributed by atoms with Gasteiger partial charge in [0.15, 0.2) is 0 Å². The minimum Gasteiger partial charge on any atom is -0.545 e. The molecule has 2 heterocycles. The molecule has 0 spiro atoms. The number of benzene rings is 3. The van der Waals surface area contributed by atoms with Crippen LogP contribution in [0.1, 0.15) is 65.2 Å². The highest BCUT2D eigenvalue weighted by Gasteiger charge is 2.55. The zero-order chi connectivity index (χ0) is 31.9. The number of hydroxylamine groups is 2. The van der Waals surface area contributed by atoms with Crippen molar-refractivity contribution in [2.75, 3.05) is 0 Å². The first-order valence-corrected chi connectivity index (χ1v) is 20.7. The molecule has 44 heavy (non-hydrogen) atoms. The lowest BCUT2D eigenvalue weighted by Crippen LogP contribution is -2.69. The van der Waals surface area contributed by atoms with Crippen LogP contribution in [0.3, 0.4) is 0 Å². The molecule has 2 aliphatic heterocycles. The van der Waals surface area contributed by atoms with E-state index in [4.69, 9.17) is 13.7 Å². The van der Waals surface area contributed by atoms with Gasteiger partial charge in [-0.1, -0.05) is 120 Å². The van der Waals surface area contributed by atoms with Crippen molar-refractivity contribution in [3.8, 4) is 0 Å². The van der Waals surface area contributed by atoms with E-state index in [1.165, 1.54) is 10.4 Å². The molecule has 1 amide bonds. The standard InChI is InChI=1S/C37H49NO4Si2/c1-27(41-44(37(5,6)7,29-21-15-11-16-22-29)30-23-17-12-18-24-30)31-25-32-34(42-43(8,9)36(2,3)4)26-33(31)40-38(32)35(39)28-19-13-10-14-20-28/h10-24,26-27,31-33H,25H2,1-9H3/t27-,31-,32+,33+/m1/s1. The minimum absolute atomic E-state index is 0.0265. The number of carbonyl (C=O) groups is 1. The average molecular weight is 628 g/mol. The Kier molecular flexibility index (Phi) is 8.90. The van der Waals surface area contributed by atoms with Gasteiger partial charge in [0.2, 0.25) is 8.32 Å². The molecule has 3 aromatic rings. The zero-order valence-corrected chi connectivity index (χ0v) is 29.8. The molecule has 2 bridgehead atoms. The van der Waals surface area contributed by atoms with E-state index in [-0.39, 0.29) is 40.2 Å². The molecule has 6 rings (SSSR count). The third-order valence-electron chi connectivity index (χ3n) is 9.88. The van der Waals surface area contributed by atoms with Gasteiger partial charge >= 0.3 is 0 Å². The summed E-state index contributed by atoms with van der Waals surface area (Å²) in [5.41, 5.74) is 0.611. The van der Waals surface area contributed by atoms with Crippen LogP contribution in [0.25, 0.3) is 0 Å². The number of hydrogen-bond donors (Lipinski definition) is 0. The summed E-state index contributed by atoms with van der Waals surface area (Å²) in [5, 5.41) is 3.98. The van der Waals surface area contributed by atoms with Gasteiger partial charge in [-0.3, -0.25) is 9.63 Å². The third kappa shape index (κ3) is 5.99. The summed E-state index contributed by atoms with van der Waals surface area (Å²) >= 11 is 0. The Balaban J connectivity index is 1.53. The molecular weight excluding hydrogens is 579 g/mol. The Hall–Kier alpha value is -2.98. The first-order chi connectivity index (χ1) is 20.7. The second kappa shape index (κ2) is 12.1. The van der Waals surface area contributed by atoms with Crippen LogP contribution in [0.2, 0.25) is 23.2 Å². The van der Waals surface area contributed by atoms with E-state index in [1.807, 2.05) is 30.3 Å². The van der Waals surface area contributed by atoms with Crippen molar-refractivity contribution in [1.82, 2.24) is 5.06 Å². The fourth-order valence-electron chi connectivity index (χ4n) is 6.39. The van der Waals surface area contributed by atoms with E-state index in [2.05, 4.69) is 128 Å². The first-order valence-electron chi connectivity index (χ1n) is 15.9. The smallest absolute Gasteiger partial charge is 0.278 e. The number of nitrogens with zero attached hydrogens (tertiary/aromatic N) is 1. The van der Waals surface area contributed by atoms with Crippen LogP contribution in [-0.4, -0.2) is 45.9 Å². The van der Waals surface area contributed by atoms with Gasteiger partial charge in [-0.05, 0) is 65.1 Å². The molecule has 4 atom stereocenters. The summed E-state index contributed by atoms with van der Waals surface area (Å²) in [6.07, 6.45) is 2.37. The van der Waals surface area contributed by atoms with Crippen LogP contribution in [0.4, 0.5) is 0 Å². The molecule has 3 aliphatic rings. The van der Waals surface area contributed by atoms with Gasteiger partial charge in [0.1, 0.15) is 17.9 Å². The van der Waals surface area contributed by atoms with Gasteiger partial charge in [0, 0.05) is 17.6 Å². The second-order valence-corrected chi connectivity index (χ2v) is 23.9. The molecule has 1 aliphatic carbocycles. The summed E-state index contributed by atoms with van der Waals surface area (Å²) < 4.78 is 14.4. The van der Waals surface area contributed by atoms with Crippen molar-refractivity contribution in [3.05, 3.63) is 108 Å². The maximum absolute atomic E-state index is 13.8. The maximum atomic E-state index is 13.8. The maximum Gasteiger partial charge on any atom is 0.278 e. The molecule has 0 aromatic heterocycles. The fraction of sp³-hybridized carbons (Fsp3) is 0.432. The number of carbonyl (C=O) groups excluding carboxylic acids is 1. The zero-order valence-electron chi connectivity index (χ0n) is 27.8. The molecule has 1 saturated heterocycles. The number of hydrogen-bond acceptors (Lipinski definition) is 4. The largest absolute Gasteiger partial charge is 0.545 e. The molecular formula is C37H49NO4Si2. The van der Waals surface area contributed by atoms with Gasteiger partial charge < -0.3 is 8.85 Å². The van der Waals surface area contributed by atoms with Crippen LogP contribution >= 0.6 is 0 Å². The highest BCUT2D eigenvalue weighted by atomic mass is 28.4. The fourth-order valence-corrected chi connectivity index (χ4v) is 12.2. The Morgan fingerprint density at radius 3 is 1.77 bits per heavy atom. The number of fused-ring (bicyclic) bond motifs is 2. The Bertz CT molecular complexity index is 1420. The molecule has 0 saturated carbocycles. The first kappa shape index (κ1) is 32.4. The lowest BCUT2D eigenvalue weighted by molar-refractivity contribution is -0.236. The summed E-state index contributed by atoms with van der Waals surface area (Å²) in [6.45, 7) is 20.4. The van der Waals surface area contributed by atoms with Crippen molar-refractivity contribution in [3.63, 3.8) is 0 Å². The monoisotopic (exact) mass is 627 g/mol. The molecule has 3 aromatic carbocycles. The van der Waals surface area contributed by atoms with E-state index in [0.717, 1.165) is 5.76 Å². The molecule has 7 heteroatoms. The molecule has 0 radical (unpaired) electrons. The minimum atomic E-state index is -2.78. The summed E-state index contributed by atoms with van der Waals surface area (Å²) in [5.74, 6) is 0.781. The summed E-state index contributed by atoms with van der Waals surface area (Å²) in [4.78, 5) is 20.4. The third-order valence-corrected chi connectivity index (χ3v) is 19.4.